The summed E-state index contributed by atoms with van der Waals surface area (Å²) in [6, 6.07) is 78.0. The molecule has 0 N–H and O–H groups in total. The lowest BCUT2D eigenvalue weighted by Gasteiger charge is -2.31. The van der Waals surface area contributed by atoms with Crippen molar-refractivity contribution in [2.75, 3.05) is 4.90 Å². The van der Waals surface area contributed by atoms with Gasteiger partial charge in [-0.2, -0.15) is 0 Å². The van der Waals surface area contributed by atoms with E-state index in [-0.39, 0.29) is 5.41 Å². The maximum atomic E-state index is 2.49. The fourth-order valence-corrected chi connectivity index (χ4v) is 10.6. The van der Waals surface area contributed by atoms with Gasteiger partial charge in [-0.05, 0) is 120 Å². The second kappa shape index (κ2) is 15.8. The van der Waals surface area contributed by atoms with Gasteiger partial charge in [-0.15, -0.1) is 0 Å². The maximum Gasteiger partial charge on any atom is 0.0540 e. The lowest BCUT2D eigenvalue weighted by Crippen LogP contribution is -2.22. The molecule has 0 spiro atoms. The molecule has 0 bridgehead atoms. The Morgan fingerprint density at radius 2 is 0.937 bits per heavy atom. The summed E-state index contributed by atoms with van der Waals surface area (Å²) in [7, 11) is 0. The van der Waals surface area contributed by atoms with Crippen LogP contribution in [-0.4, -0.2) is 0 Å². The van der Waals surface area contributed by atoms with Crippen LogP contribution in [0.25, 0.3) is 72.0 Å². The van der Waals surface area contributed by atoms with Crippen molar-refractivity contribution in [1.82, 2.24) is 0 Å². The minimum absolute atomic E-state index is 0.0496. The first-order valence-corrected chi connectivity index (χ1v) is 22.3. The smallest absolute Gasteiger partial charge is 0.0540 e. The lowest BCUT2D eigenvalue weighted by molar-refractivity contribution is 0.530. The van der Waals surface area contributed by atoms with Crippen molar-refractivity contribution in [2.24, 2.45) is 5.92 Å². The summed E-state index contributed by atoms with van der Waals surface area (Å²) in [5.41, 5.74) is 21.2. The average Bonchev–Trinajstić information content (AvgIpc) is 3.58. The van der Waals surface area contributed by atoms with Crippen molar-refractivity contribution < 1.29 is 0 Å². The van der Waals surface area contributed by atoms with E-state index in [0.29, 0.717) is 5.92 Å². The van der Waals surface area contributed by atoms with Crippen LogP contribution in [0.1, 0.15) is 38.3 Å². The van der Waals surface area contributed by atoms with Gasteiger partial charge in [0, 0.05) is 22.2 Å². The predicted molar refractivity (Wildman–Crippen MR) is 269 cm³/mol. The molecule has 0 heterocycles. The van der Waals surface area contributed by atoms with Crippen LogP contribution in [0.2, 0.25) is 0 Å². The summed E-state index contributed by atoms with van der Waals surface area (Å²) in [6.07, 6.45) is 5.83. The second-order valence-corrected chi connectivity index (χ2v) is 17.7. The van der Waals surface area contributed by atoms with Gasteiger partial charge in [-0.3, -0.25) is 0 Å². The monoisotopic (exact) mass is 807 g/mol. The number of allylic oxidation sites excluding steroid dienone is 4. The highest BCUT2D eigenvalue weighted by molar-refractivity contribution is 6.09. The zero-order chi connectivity index (χ0) is 42.5. The molecule has 1 nitrogen and oxygen atoms in total. The van der Waals surface area contributed by atoms with Crippen molar-refractivity contribution in [3.05, 3.63) is 241 Å². The summed E-state index contributed by atoms with van der Waals surface area (Å²) < 4.78 is 0. The van der Waals surface area contributed by atoms with Gasteiger partial charge in [0.2, 0.25) is 0 Å². The van der Waals surface area contributed by atoms with Gasteiger partial charge in [0.05, 0.1) is 11.4 Å². The number of fused-ring (bicyclic) bond motifs is 3. The summed E-state index contributed by atoms with van der Waals surface area (Å²) in [5.74, 6) is 0.524. The molecule has 63 heavy (non-hydrogen) atoms. The molecule has 2 aliphatic carbocycles. The molecule has 0 aromatic heterocycles. The van der Waals surface area contributed by atoms with Gasteiger partial charge in [0.25, 0.3) is 0 Å². The predicted octanol–water partition coefficient (Wildman–Crippen LogP) is 17.3. The Labute approximate surface area is 372 Å². The van der Waals surface area contributed by atoms with E-state index < -0.39 is 0 Å². The van der Waals surface area contributed by atoms with Gasteiger partial charge in [0.15, 0.2) is 0 Å². The van der Waals surface area contributed by atoms with Crippen molar-refractivity contribution in [1.29, 1.82) is 0 Å². The number of hydrogen-bond donors (Lipinski definition) is 0. The highest BCUT2D eigenvalue weighted by Crippen LogP contribution is 2.54. The summed E-state index contributed by atoms with van der Waals surface area (Å²) >= 11 is 0. The first-order valence-electron chi connectivity index (χ1n) is 22.3. The number of anilines is 3. The van der Waals surface area contributed by atoms with Gasteiger partial charge in [-0.1, -0.05) is 215 Å². The van der Waals surface area contributed by atoms with Crippen molar-refractivity contribution >= 4 is 33.4 Å². The van der Waals surface area contributed by atoms with Crippen LogP contribution in [-0.2, 0) is 5.41 Å². The quantitative estimate of drug-likeness (QED) is 0.148. The number of para-hydroxylation sites is 2. The van der Waals surface area contributed by atoms with Crippen LogP contribution in [0.4, 0.5) is 17.1 Å². The third-order valence-electron chi connectivity index (χ3n) is 13.5. The lowest BCUT2D eigenvalue weighted by atomic mass is 9.74. The molecule has 2 aliphatic rings. The molecular formula is C62H49N. The van der Waals surface area contributed by atoms with Crippen LogP contribution < -0.4 is 4.90 Å². The SMILES string of the molecule is CC1CC=CC2=C1C(C)(C)c1cc(-c3ccccc3N(c3ccc(-c4ccc(-c5ccccc5)cc4)cc3)c3ccccc3-c3cccc4cccc(-c5ccccc5)c34)ccc12. The van der Waals surface area contributed by atoms with E-state index in [4.69, 9.17) is 0 Å². The van der Waals surface area contributed by atoms with Gasteiger partial charge < -0.3 is 4.90 Å². The van der Waals surface area contributed by atoms with E-state index in [1.165, 1.54) is 83.1 Å². The first kappa shape index (κ1) is 38.4. The molecule has 9 aromatic carbocycles. The highest BCUT2D eigenvalue weighted by atomic mass is 15.1. The van der Waals surface area contributed by atoms with Gasteiger partial charge in [0.1, 0.15) is 0 Å². The van der Waals surface area contributed by atoms with E-state index in [2.05, 4.69) is 250 Å². The third kappa shape index (κ3) is 6.73. The Morgan fingerprint density at radius 1 is 0.429 bits per heavy atom. The van der Waals surface area contributed by atoms with Crippen LogP contribution in [0.5, 0.6) is 0 Å². The fraction of sp³-hybridized carbons (Fsp3) is 0.0968. The number of rotatable bonds is 8. The molecule has 11 rings (SSSR count). The van der Waals surface area contributed by atoms with Crippen molar-refractivity contribution in [3.8, 4) is 55.6 Å². The molecular weight excluding hydrogens is 759 g/mol. The van der Waals surface area contributed by atoms with E-state index >= 15 is 0 Å². The number of hydrogen-bond acceptors (Lipinski definition) is 1. The van der Waals surface area contributed by atoms with Crippen LogP contribution in [0.3, 0.4) is 0 Å². The molecule has 1 atom stereocenters. The Hall–Kier alpha value is -7.48. The summed E-state index contributed by atoms with van der Waals surface area (Å²) in [5, 5.41) is 2.47. The number of nitrogens with zero attached hydrogens (tertiary/aromatic N) is 1. The third-order valence-corrected chi connectivity index (χ3v) is 13.5. The standard InChI is InChI=1S/C62H49N/c1-42-17-14-28-56-53-40-37-49(41-57(53)62(2,3)61(42)56)51-24-10-12-29-58(51)63(50-38-35-46(36-39-50)45-33-31-44(32-34-45)43-18-6-4-7-19-43)59-30-13-11-25-54(59)55-27-16-23-48-22-15-26-52(60(48)55)47-20-8-5-9-21-47/h4-16,18-42H,17H2,1-3H3. The molecule has 1 heteroatoms. The van der Waals surface area contributed by atoms with E-state index in [0.717, 1.165) is 23.5 Å². The van der Waals surface area contributed by atoms with Crippen LogP contribution in [0.15, 0.2) is 230 Å². The van der Waals surface area contributed by atoms with Crippen LogP contribution in [0, 0.1) is 5.92 Å². The average molecular weight is 808 g/mol. The number of benzene rings is 9. The Morgan fingerprint density at radius 3 is 1.60 bits per heavy atom. The van der Waals surface area contributed by atoms with Crippen LogP contribution >= 0.6 is 0 Å². The molecule has 1 unspecified atom stereocenters. The molecule has 0 saturated carbocycles. The highest BCUT2D eigenvalue weighted by Gasteiger charge is 2.40. The van der Waals surface area contributed by atoms with Gasteiger partial charge >= 0.3 is 0 Å². The van der Waals surface area contributed by atoms with Crippen molar-refractivity contribution in [2.45, 2.75) is 32.6 Å². The Balaban J connectivity index is 1.08. The topological polar surface area (TPSA) is 3.24 Å². The Kier molecular flexibility index (Phi) is 9.62. The molecule has 302 valence electrons. The summed E-state index contributed by atoms with van der Waals surface area (Å²) in [4.78, 5) is 2.49. The summed E-state index contributed by atoms with van der Waals surface area (Å²) in [6.45, 7) is 7.24. The maximum absolute atomic E-state index is 2.49. The first-order chi connectivity index (χ1) is 30.9. The fourth-order valence-electron chi connectivity index (χ4n) is 10.6. The minimum Gasteiger partial charge on any atom is -0.309 e. The largest absolute Gasteiger partial charge is 0.309 e. The van der Waals surface area contributed by atoms with E-state index in [1.807, 2.05) is 0 Å². The van der Waals surface area contributed by atoms with E-state index in [9.17, 15) is 0 Å². The minimum atomic E-state index is -0.0496. The Bertz CT molecular complexity index is 3200. The van der Waals surface area contributed by atoms with Crippen molar-refractivity contribution in [3.63, 3.8) is 0 Å². The zero-order valence-corrected chi connectivity index (χ0v) is 36.1. The zero-order valence-electron chi connectivity index (χ0n) is 36.1. The molecule has 0 fully saturated rings. The molecule has 0 saturated heterocycles. The van der Waals surface area contributed by atoms with E-state index in [1.54, 1.807) is 5.57 Å². The molecule has 0 amide bonds. The molecule has 0 radical (unpaired) electrons. The normalized spacial score (nSPS) is 15.0. The molecule has 9 aromatic rings. The van der Waals surface area contributed by atoms with Gasteiger partial charge in [-0.25, -0.2) is 0 Å². The molecule has 0 aliphatic heterocycles. The second-order valence-electron chi connectivity index (χ2n) is 17.7.